The molecule has 0 heterocycles. The number of esters is 1. The first-order chi connectivity index (χ1) is 7.56. The Morgan fingerprint density at radius 3 is 2.75 bits per heavy atom. The summed E-state index contributed by atoms with van der Waals surface area (Å²) in [6, 6.07) is 7.08. The largest absolute Gasteiger partial charge is 0.427 e. The highest BCUT2D eigenvalue weighted by atomic mass is 16.5. The maximum Gasteiger partial charge on any atom is 0.308 e. The second kappa shape index (κ2) is 5.13. The minimum atomic E-state index is -0.396. The van der Waals surface area contributed by atoms with E-state index >= 15 is 0 Å². The van der Waals surface area contributed by atoms with Gasteiger partial charge in [-0.2, -0.15) is 5.26 Å². The highest BCUT2D eigenvalue weighted by Gasteiger charge is 2.07. The van der Waals surface area contributed by atoms with E-state index in [0.717, 1.165) is 5.56 Å². The SMILES string of the molecule is C=CC(C)c1cc(C#N)cc(OC(C)=O)c1. The molecule has 0 radical (unpaired) electrons. The Bertz CT molecular complexity index is 457. The van der Waals surface area contributed by atoms with Crippen LogP contribution in [0.2, 0.25) is 0 Å². The van der Waals surface area contributed by atoms with E-state index in [2.05, 4.69) is 6.58 Å². The third kappa shape index (κ3) is 2.96. The van der Waals surface area contributed by atoms with Gasteiger partial charge in [-0.1, -0.05) is 13.0 Å². The van der Waals surface area contributed by atoms with Crippen LogP contribution in [0, 0.1) is 11.3 Å². The normalized spacial score (nSPS) is 11.3. The van der Waals surface area contributed by atoms with Gasteiger partial charge in [0.2, 0.25) is 0 Å². The molecule has 3 heteroatoms. The molecule has 82 valence electrons. The molecule has 1 aromatic rings. The summed E-state index contributed by atoms with van der Waals surface area (Å²) in [6.07, 6.45) is 1.77. The number of carbonyl (C=O) groups excluding carboxylic acids is 1. The molecular weight excluding hydrogens is 202 g/mol. The molecule has 0 fully saturated rings. The summed E-state index contributed by atoms with van der Waals surface area (Å²) in [7, 11) is 0. The van der Waals surface area contributed by atoms with Crippen LogP contribution in [0.3, 0.4) is 0 Å². The van der Waals surface area contributed by atoms with Gasteiger partial charge < -0.3 is 4.74 Å². The fourth-order valence-corrected chi connectivity index (χ4v) is 1.31. The first-order valence-electron chi connectivity index (χ1n) is 4.93. The van der Waals surface area contributed by atoms with Crippen molar-refractivity contribution < 1.29 is 9.53 Å². The third-order valence-corrected chi connectivity index (χ3v) is 2.20. The van der Waals surface area contributed by atoms with Gasteiger partial charge in [-0.25, -0.2) is 0 Å². The minimum absolute atomic E-state index is 0.114. The summed E-state index contributed by atoms with van der Waals surface area (Å²) < 4.78 is 4.97. The average Bonchev–Trinajstić information content (AvgIpc) is 2.26. The second-order valence-electron chi connectivity index (χ2n) is 3.52. The van der Waals surface area contributed by atoms with Crippen molar-refractivity contribution >= 4 is 5.97 Å². The van der Waals surface area contributed by atoms with Crippen LogP contribution in [0.1, 0.15) is 30.9 Å². The Labute approximate surface area is 95.0 Å². The standard InChI is InChI=1S/C13H13NO2/c1-4-9(2)12-5-11(8-14)6-13(7-12)16-10(3)15/h4-7,9H,1H2,2-3H3. The lowest BCUT2D eigenvalue weighted by molar-refractivity contribution is -0.131. The van der Waals surface area contributed by atoms with Gasteiger partial charge >= 0.3 is 5.97 Å². The van der Waals surface area contributed by atoms with E-state index in [1.54, 1.807) is 24.3 Å². The van der Waals surface area contributed by atoms with Crippen molar-refractivity contribution in [2.24, 2.45) is 0 Å². The van der Waals surface area contributed by atoms with E-state index in [1.807, 2.05) is 13.0 Å². The molecule has 0 bridgehead atoms. The molecule has 1 unspecified atom stereocenters. The van der Waals surface area contributed by atoms with E-state index in [9.17, 15) is 4.79 Å². The van der Waals surface area contributed by atoms with Crippen molar-refractivity contribution in [1.29, 1.82) is 5.26 Å². The monoisotopic (exact) mass is 215 g/mol. The van der Waals surface area contributed by atoms with Crippen LogP contribution in [0.4, 0.5) is 0 Å². The third-order valence-electron chi connectivity index (χ3n) is 2.20. The molecule has 16 heavy (non-hydrogen) atoms. The molecule has 3 nitrogen and oxygen atoms in total. The van der Waals surface area contributed by atoms with Crippen molar-refractivity contribution in [2.75, 3.05) is 0 Å². The molecule has 0 aliphatic carbocycles. The highest BCUT2D eigenvalue weighted by Crippen LogP contribution is 2.23. The lowest BCUT2D eigenvalue weighted by atomic mass is 9.99. The molecule has 0 saturated heterocycles. The molecule has 0 aliphatic rings. The Hall–Kier alpha value is -2.08. The summed E-state index contributed by atoms with van der Waals surface area (Å²) in [4.78, 5) is 10.8. The summed E-state index contributed by atoms with van der Waals surface area (Å²) in [5, 5.41) is 8.86. The van der Waals surface area contributed by atoms with E-state index in [-0.39, 0.29) is 5.92 Å². The second-order valence-corrected chi connectivity index (χ2v) is 3.52. The van der Waals surface area contributed by atoms with Crippen LogP contribution < -0.4 is 4.74 Å². The average molecular weight is 215 g/mol. The molecule has 0 saturated carbocycles. The zero-order chi connectivity index (χ0) is 12.1. The quantitative estimate of drug-likeness (QED) is 0.442. The van der Waals surface area contributed by atoms with Gasteiger partial charge in [-0.05, 0) is 29.7 Å². The highest BCUT2D eigenvalue weighted by molar-refractivity contribution is 5.69. The molecule has 0 aromatic heterocycles. The van der Waals surface area contributed by atoms with Crippen molar-refractivity contribution in [3.8, 4) is 11.8 Å². The van der Waals surface area contributed by atoms with Crippen molar-refractivity contribution in [3.05, 3.63) is 42.0 Å². The topological polar surface area (TPSA) is 50.1 Å². The summed E-state index contributed by atoms with van der Waals surface area (Å²) in [5.41, 5.74) is 1.38. The van der Waals surface area contributed by atoms with Crippen molar-refractivity contribution in [3.63, 3.8) is 0 Å². The van der Waals surface area contributed by atoms with Gasteiger partial charge in [-0.15, -0.1) is 6.58 Å². The molecular formula is C13H13NO2. The lowest BCUT2D eigenvalue weighted by Crippen LogP contribution is -2.02. The van der Waals surface area contributed by atoms with Gasteiger partial charge in [0.1, 0.15) is 5.75 Å². The van der Waals surface area contributed by atoms with Crippen LogP contribution in [0.25, 0.3) is 0 Å². The number of carbonyl (C=O) groups is 1. The number of rotatable bonds is 3. The van der Waals surface area contributed by atoms with E-state index in [1.165, 1.54) is 6.92 Å². The zero-order valence-electron chi connectivity index (χ0n) is 9.36. The Balaban J connectivity index is 3.16. The fraction of sp³-hybridized carbons (Fsp3) is 0.231. The number of ether oxygens (including phenoxy) is 1. The summed E-state index contributed by atoms with van der Waals surface area (Å²) in [5.74, 6) is 0.116. The Morgan fingerprint density at radius 2 is 2.25 bits per heavy atom. The predicted octanol–water partition coefficient (Wildman–Crippen LogP) is 2.77. The Kier molecular flexibility index (Phi) is 3.84. The first kappa shape index (κ1) is 12.0. The summed E-state index contributed by atoms with van der Waals surface area (Å²) >= 11 is 0. The number of nitrogens with zero attached hydrogens (tertiary/aromatic N) is 1. The number of nitriles is 1. The van der Waals surface area contributed by atoms with Gasteiger partial charge in [0, 0.05) is 6.92 Å². The first-order valence-corrected chi connectivity index (χ1v) is 4.93. The molecule has 0 aliphatic heterocycles. The van der Waals surface area contributed by atoms with E-state index in [4.69, 9.17) is 10.00 Å². The maximum absolute atomic E-state index is 10.8. The molecule has 0 spiro atoms. The number of hydrogen-bond acceptors (Lipinski definition) is 3. The van der Waals surface area contributed by atoms with E-state index in [0.29, 0.717) is 11.3 Å². The van der Waals surface area contributed by atoms with Crippen molar-refractivity contribution in [1.82, 2.24) is 0 Å². The van der Waals surface area contributed by atoms with Crippen LogP contribution in [-0.2, 0) is 4.79 Å². The van der Waals surface area contributed by atoms with Gasteiger partial charge in [0.05, 0.1) is 11.6 Å². The molecule has 1 atom stereocenters. The van der Waals surface area contributed by atoms with Crippen molar-refractivity contribution in [2.45, 2.75) is 19.8 Å². The van der Waals surface area contributed by atoms with Crippen LogP contribution in [-0.4, -0.2) is 5.97 Å². The summed E-state index contributed by atoms with van der Waals surface area (Å²) in [6.45, 7) is 6.98. The lowest BCUT2D eigenvalue weighted by Gasteiger charge is -2.09. The van der Waals surface area contributed by atoms with Gasteiger partial charge in [-0.3, -0.25) is 4.79 Å². The Morgan fingerprint density at radius 1 is 1.56 bits per heavy atom. The molecule has 1 aromatic carbocycles. The predicted molar refractivity (Wildman–Crippen MR) is 61.1 cm³/mol. The van der Waals surface area contributed by atoms with E-state index < -0.39 is 5.97 Å². The zero-order valence-corrected chi connectivity index (χ0v) is 9.36. The van der Waals surface area contributed by atoms with Gasteiger partial charge in [0.25, 0.3) is 0 Å². The number of hydrogen-bond donors (Lipinski definition) is 0. The number of benzene rings is 1. The molecule has 0 amide bonds. The number of allylic oxidation sites excluding steroid dienone is 1. The van der Waals surface area contributed by atoms with Crippen LogP contribution in [0.15, 0.2) is 30.9 Å². The fourth-order valence-electron chi connectivity index (χ4n) is 1.31. The van der Waals surface area contributed by atoms with Gasteiger partial charge in [0.15, 0.2) is 0 Å². The van der Waals surface area contributed by atoms with Crippen LogP contribution >= 0.6 is 0 Å². The maximum atomic E-state index is 10.8. The molecule has 0 N–H and O–H groups in total. The minimum Gasteiger partial charge on any atom is -0.427 e. The molecule has 1 rings (SSSR count). The van der Waals surface area contributed by atoms with Crippen LogP contribution in [0.5, 0.6) is 5.75 Å². The smallest absolute Gasteiger partial charge is 0.308 e.